The molecule has 43 heavy (non-hydrogen) atoms. The van der Waals surface area contributed by atoms with Gasteiger partial charge >= 0.3 is 0 Å². The summed E-state index contributed by atoms with van der Waals surface area (Å²) in [6.45, 7) is 5.39. The van der Waals surface area contributed by atoms with Crippen molar-refractivity contribution in [2.75, 3.05) is 19.6 Å². The molecule has 1 aliphatic rings. The second-order valence-electron chi connectivity index (χ2n) is 11.7. The Morgan fingerprint density at radius 3 is 2.49 bits per heavy atom. The highest BCUT2D eigenvalue weighted by molar-refractivity contribution is 5.92. The predicted molar refractivity (Wildman–Crippen MR) is 174 cm³/mol. The molecule has 9 heteroatoms. The Labute approximate surface area is 253 Å². The number of guanidine groups is 1. The normalized spacial score (nSPS) is 18.5. The van der Waals surface area contributed by atoms with Crippen LogP contribution in [0.25, 0.3) is 21.7 Å². The van der Waals surface area contributed by atoms with Gasteiger partial charge in [-0.05, 0) is 60.6 Å². The molecule has 0 aliphatic carbocycles. The lowest BCUT2D eigenvalue weighted by Crippen LogP contribution is -2.63. The van der Waals surface area contributed by atoms with E-state index in [1.165, 1.54) is 0 Å². The Hall–Kier alpha value is -4.37. The summed E-state index contributed by atoms with van der Waals surface area (Å²) in [4.78, 5) is 39.3. The van der Waals surface area contributed by atoms with Crippen molar-refractivity contribution in [3.05, 3.63) is 84.1 Å². The summed E-state index contributed by atoms with van der Waals surface area (Å²) in [5.41, 5.74) is 20.7. The Morgan fingerprint density at radius 1 is 0.977 bits per heavy atom. The Kier molecular flexibility index (Phi) is 9.31. The van der Waals surface area contributed by atoms with Crippen molar-refractivity contribution in [3.8, 4) is 0 Å². The number of nitrogens with one attached hydrogen (secondary N) is 1. The smallest absolute Gasteiger partial charge is 0.240 e. The number of carbonyl (C=O) groups excluding carboxylic acids is 2. The van der Waals surface area contributed by atoms with Gasteiger partial charge in [-0.2, -0.15) is 0 Å². The topological polar surface area (TPSA) is 147 Å². The zero-order chi connectivity index (χ0) is 30.5. The number of rotatable bonds is 10. The number of amides is 2. The van der Waals surface area contributed by atoms with Crippen molar-refractivity contribution >= 4 is 39.4 Å². The van der Waals surface area contributed by atoms with Crippen LogP contribution in [0.3, 0.4) is 0 Å². The van der Waals surface area contributed by atoms with Gasteiger partial charge < -0.3 is 32.0 Å². The number of para-hydroxylation sites is 1. The molecule has 226 valence electrons. The molecular weight excluding hydrogens is 538 g/mol. The number of carbonyl (C=O) groups is 2. The molecule has 2 amide bonds. The average molecular weight is 582 g/mol. The standard InChI is InChI=1S/C34H43N7O2/c1-3-27(29-19-39-31-13-7-6-12-28(29)31)32(42)40-21-26(11-8-16-38-34(36)37)41(20-22(40)2)33(43)30(35)18-23-14-15-24-9-4-5-10-25(24)17-23/h4-7,9-10,12-15,17,19,22,26-27,30,39H,3,8,11,16,18,20-21,35H2,1-2H3,(H4,36,37,38)/t22-,26+,27?,30-/m1/s1. The highest BCUT2D eigenvalue weighted by Crippen LogP contribution is 2.32. The third kappa shape index (κ3) is 6.67. The molecule has 1 aliphatic heterocycles. The van der Waals surface area contributed by atoms with Crippen LogP contribution in [-0.2, 0) is 16.0 Å². The molecular formula is C34H43N7O2. The highest BCUT2D eigenvalue weighted by Gasteiger charge is 2.40. The lowest BCUT2D eigenvalue weighted by Gasteiger charge is -2.47. The Bertz CT molecular complexity index is 1610. The first-order valence-corrected chi connectivity index (χ1v) is 15.2. The van der Waals surface area contributed by atoms with Gasteiger partial charge in [0.2, 0.25) is 11.8 Å². The Balaban J connectivity index is 1.34. The van der Waals surface area contributed by atoms with Gasteiger partial charge in [0.05, 0.1) is 12.0 Å². The number of nitrogens with zero attached hydrogens (tertiary/aromatic N) is 3. The van der Waals surface area contributed by atoms with E-state index in [1.807, 2.05) is 66.2 Å². The number of nitrogens with two attached hydrogens (primary N) is 3. The van der Waals surface area contributed by atoms with Crippen LogP contribution in [0.2, 0.25) is 0 Å². The maximum atomic E-state index is 14.1. The molecule has 0 saturated carbocycles. The monoisotopic (exact) mass is 581 g/mol. The number of H-pyrrole nitrogens is 1. The van der Waals surface area contributed by atoms with Crippen molar-refractivity contribution in [1.29, 1.82) is 0 Å². The summed E-state index contributed by atoms with van der Waals surface area (Å²) in [5.74, 6) is -0.244. The first kappa shape index (κ1) is 30.1. The second kappa shape index (κ2) is 13.3. The van der Waals surface area contributed by atoms with Gasteiger partial charge in [0.1, 0.15) is 0 Å². The third-order valence-electron chi connectivity index (χ3n) is 8.69. The number of fused-ring (bicyclic) bond motifs is 2. The number of hydrogen-bond acceptors (Lipinski definition) is 4. The first-order chi connectivity index (χ1) is 20.8. The van der Waals surface area contributed by atoms with Crippen LogP contribution >= 0.6 is 0 Å². The van der Waals surface area contributed by atoms with E-state index in [2.05, 4.69) is 40.3 Å². The summed E-state index contributed by atoms with van der Waals surface area (Å²) in [7, 11) is 0. The van der Waals surface area contributed by atoms with Gasteiger partial charge in [-0.1, -0.05) is 67.6 Å². The van der Waals surface area contributed by atoms with E-state index in [-0.39, 0.29) is 35.8 Å². The Morgan fingerprint density at radius 2 is 1.72 bits per heavy atom. The van der Waals surface area contributed by atoms with Crippen LogP contribution in [0.1, 0.15) is 50.2 Å². The quantitative estimate of drug-likeness (QED) is 0.128. The molecule has 0 spiro atoms. The summed E-state index contributed by atoms with van der Waals surface area (Å²) in [6.07, 6.45) is 4.42. The van der Waals surface area contributed by atoms with Crippen LogP contribution in [0.15, 0.2) is 77.9 Å². The summed E-state index contributed by atoms with van der Waals surface area (Å²) in [6, 6.07) is 21.4. The molecule has 1 fully saturated rings. The molecule has 7 N–H and O–H groups in total. The minimum Gasteiger partial charge on any atom is -0.370 e. The van der Waals surface area contributed by atoms with E-state index < -0.39 is 6.04 Å². The molecule has 3 aromatic carbocycles. The van der Waals surface area contributed by atoms with Gasteiger partial charge in [0.25, 0.3) is 0 Å². The largest absolute Gasteiger partial charge is 0.370 e. The highest BCUT2D eigenvalue weighted by atomic mass is 16.2. The lowest BCUT2D eigenvalue weighted by molar-refractivity contribution is -0.148. The van der Waals surface area contributed by atoms with Gasteiger partial charge in [0.15, 0.2) is 5.96 Å². The molecule has 1 aromatic heterocycles. The second-order valence-corrected chi connectivity index (χ2v) is 11.7. The number of hydrogen-bond donors (Lipinski definition) is 4. The fraction of sp³-hybridized carbons (Fsp3) is 0.382. The molecule has 0 radical (unpaired) electrons. The SMILES string of the molecule is CCC(C(=O)N1C[C@H](CCCN=C(N)N)N(C(=O)[C@H](N)Cc2ccc3ccccc3c2)C[C@H]1C)c1c[nH]c2ccccc12. The molecule has 2 heterocycles. The average Bonchev–Trinajstić information content (AvgIpc) is 3.43. The van der Waals surface area contributed by atoms with E-state index in [0.717, 1.165) is 32.8 Å². The maximum absolute atomic E-state index is 14.1. The van der Waals surface area contributed by atoms with Crippen molar-refractivity contribution in [1.82, 2.24) is 14.8 Å². The minimum atomic E-state index is -0.689. The number of piperazine rings is 1. The molecule has 9 nitrogen and oxygen atoms in total. The maximum Gasteiger partial charge on any atom is 0.240 e. The van der Waals surface area contributed by atoms with Crippen molar-refractivity contribution < 1.29 is 9.59 Å². The molecule has 1 unspecified atom stereocenters. The zero-order valence-electron chi connectivity index (χ0n) is 25.1. The minimum absolute atomic E-state index is 0.0453. The van der Waals surface area contributed by atoms with Crippen LogP contribution in [0.5, 0.6) is 0 Å². The van der Waals surface area contributed by atoms with Gasteiger partial charge in [-0.25, -0.2) is 0 Å². The van der Waals surface area contributed by atoms with Crippen molar-refractivity contribution in [2.24, 2.45) is 22.2 Å². The van der Waals surface area contributed by atoms with Gasteiger partial charge in [-0.15, -0.1) is 0 Å². The van der Waals surface area contributed by atoms with Crippen molar-refractivity contribution in [2.45, 2.75) is 63.6 Å². The molecule has 0 bridgehead atoms. The van der Waals surface area contributed by atoms with Crippen LogP contribution in [0, 0.1) is 0 Å². The summed E-state index contributed by atoms with van der Waals surface area (Å²) >= 11 is 0. The van der Waals surface area contributed by atoms with E-state index in [0.29, 0.717) is 45.3 Å². The fourth-order valence-corrected chi connectivity index (χ4v) is 6.43. The summed E-state index contributed by atoms with van der Waals surface area (Å²) in [5, 5.41) is 3.34. The van der Waals surface area contributed by atoms with E-state index in [1.54, 1.807) is 0 Å². The lowest BCUT2D eigenvalue weighted by atomic mass is 9.92. The van der Waals surface area contributed by atoms with E-state index in [4.69, 9.17) is 17.2 Å². The molecule has 4 atom stereocenters. The van der Waals surface area contributed by atoms with E-state index >= 15 is 0 Å². The number of aliphatic imine (C=N–C) groups is 1. The summed E-state index contributed by atoms with van der Waals surface area (Å²) < 4.78 is 0. The van der Waals surface area contributed by atoms with Gasteiger partial charge in [-0.3, -0.25) is 14.6 Å². The van der Waals surface area contributed by atoms with Crippen LogP contribution in [-0.4, -0.2) is 70.3 Å². The van der Waals surface area contributed by atoms with Crippen LogP contribution in [0.4, 0.5) is 0 Å². The van der Waals surface area contributed by atoms with E-state index in [9.17, 15) is 9.59 Å². The third-order valence-corrected chi connectivity index (χ3v) is 8.69. The number of benzene rings is 3. The van der Waals surface area contributed by atoms with Crippen molar-refractivity contribution in [3.63, 3.8) is 0 Å². The number of aromatic nitrogens is 1. The number of aromatic amines is 1. The zero-order valence-corrected chi connectivity index (χ0v) is 25.1. The van der Waals surface area contributed by atoms with Gasteiger partial charge in [0, 0.05) is 48.8 Å². The predicted octanol–water partition coefficient (Wildman–Crippen LogP) is 3.87. The fourth-order valence-electron chi connectivity index (χ4n) is 6.43. The first-order valence-electron chi connectivity index (χ1n) is 15.2. The molecule has 1 saturated heterocycles. The molecule has 4 aromatic rings. The molecule has 5 rings (SSSR count). The van der Waals surface area contributed by atoms with Crippen LogP contribution < -0.4 is 17.2 Å².